The zero-order chi connectivity index (χ0) is 17.0. The maximum absolute atomic E-state index is 12.5. The maximum Gasteiger partial charge on any atom is 0.387 e. The van der Waals surface area contributed by atoms with E-state index < -0.39 is 6.61 Å². The van der Waals surface area contributed by atoms with Gasteiger partial charge in [-0.2, -0.15) is 8.78 Å². The Balaban J connectivity index is 2.06. The minimum Gasteiger partial charge on any atom is -0.434 e. The van der Waals surface area contributed by atoms with Gasteiger partial charge in [-0.25, -0.2) is 0 Å². The van der Waals surface area contributed by atoms with E-state index in [1.165, 1.54) is 6.07 Å². The molecule has 2 rings (SSSR count). The molecule has 6 heteroatoms. The average molecular weight is 326 g/mol. The van der Waals surface area contributed by atoms with Gasteiger partial charge in [-0.3, -0.25) is 9.69 Å². The van der Waals surface area contributed by atoms with Crippen LogP contribution in [0.25, 0.3) is 0 Å². The number of carbonyl (C=O) groups is 1. The normalized spacial score (nSPS) is 19.7. The Hall–Kier alpha value is -1.69. The summed E-state index contributed by atoms with van der Waals surface area (Å²) in [6.07, 6.45) is 0. The van der Waals surface area contributed by atoms with Crippen molar-refractivity contribution in [1.82, 2.24) is 9.80 Å². The molecule has 0 N–H and O–H groups in total. The standard InChI is InChI=1S/C17H24F2N2O2/c1-12(2)10-21-9-8-20(13(3)16(21)22)11-14-6-4-5-7-15(14)23-17(18)19/h4-7,12-13,17H,8-11H2,1-3H3/t13-/m1/s1. The van der Waals surface area contributed by atoms with Gasteiger partial charge in [-0.1, -0.05) is 32.0 Å². The van der Waals surface area contributed by atoms with Gasteiger partial charge in [0.25, 0.3) is 0 Å². The summed E-state index contributed by atoms with van der Waals surface area (Å²) in [6, 6.07) is 6.48. The summed E-state index contributed by atoms with van der Waals surface area (Å²) in [6.45, 7) is 5.75. The zero-order valence-corrected chi connectivity index (χ0v) is 13.8. The van der Waals surface area contributed by atoms with E-state index in [0.717, 1.165) is 13.1 Å². The van der Waals surface area contributed by atoms with Gasteiger partial charge >= 0.3 is 6.61 Å². The van der Waals surface area contributed by atoms with Crippen molar-refractivity contribution in [3.63, 3.8) is 0 Å². The first kappa shape index (κ1) is 17.7. The van der Waals surface area contributed by atoms with Crippen LogP contribution in [0.1, 0.15) is 26.3 Å². The fourth-order valence-corrected chi connectivity index (χ4v) is 2.88. The molecule has 1 amide bonds. The number of amides is 1. The maximum atomic E-state index is 12.5. The van der Waals surface area contributed by atoms with E-state index in [-0.39, 0.29) is 17.7 Å². The molecule has 1 heterocycles. The van der Waals surface area contributed by atoms with E-state index >= 15 is 0 Å². The van der Waals surface area contributed by atoms with Crippen LogP contribution in [0.4, 0.5) is 8.78 Å². The second-order valence-electron chi connectivity index (χ2n) is 6.31. The number of hydrogen-bond donors (Lipinski definition) is 0. The zero-order valence-electron chi connectivity index (χ0n) is 13.8. The van der Waals surface area contributed by atoms with Crippen molar-refractivity contribution in [3.05, 3.63) is 29.8 Å². The quantitative estimate of drug-likeness (QED) is 0.806. The monoisotopic (exact) mass is 326 g/mol. The lowest BCUT2D eigenvalue weighted by Crippen LogP contribution is -2.56. The molecule has 0 bridgehead atoms. The largest absolute Gasteiger partial charge is 0.434 e. The van der Waals surface area contributed by atoms with E-state index in [4.69, 9.17) is 0 Å². The third-order valence-electron chi connectivity index (χ3n) is 4.02. The number of piperazine rings is 1. The fraction of sp³-hybridized carbons (Fsp3) is 0.588. The van der Waals surface area contributed by atoms with Crippen LogP contribution in [0.15, 0.2) is 24.3 Å². The van der Waals surface area contributed by atoms with Gasteiger partial charge < -0.3 is 9.64 Å². The second-order valence-corrected chi connectivity index (χ2v) is 6.31. The molecular weight excluding hydrogens is 302 g/mol. The van der Waals surface area contributed by atoms with Crippen LogP contribution in [0.5, 0.6) is 5.75 Å². The SMILES string of the molecule is CC(C)CN1CCN(Cc2ccccc2OC(F)F)[C@H](C)C1=O. The van der Waals surface area contributed by atoms with E-state index in [0.29, 0.717) is 24.6 Å². The summed E-state index contributed by atoms with van der Waals surface area (Å²) in [4.78, 5) is 16.3. The highest BCUT2D eigenvalue weighted by atomic mass is 19.3. The predicted octanol–water partition coefficient (Wildman–Crippen LogP) is 2.98. The summed E-state index contributed by atoms with van der Waals surface area (Å²) in [5, 5.41) is 0. The minimum atomic E-state index is -2.85. The number of halogens is 2. The fourth-order valence-electron chi connectivity index (χ4n) is 2.88. The molecule has 0 aliphatic carbocycles. The van der Waals surface area contributed by atoms with Crippen LogP contribution in [-0.4, -0.2) is 48.0 Å². The van der Waals surface area contributed by atoms with Gasteiger partial charge in [0.05, 0.1) is 6.04 Å². The highest BCUT2D eigenvalue weighted by Crippen LogP contribution is 2.24. The molecule has 4 nitrogen and oxygen atoms in total. The first-order valence-electron chi connectivity index (χ1n) is 7.94. The Morgan fingerprint density at radius 3 is 2.61 bits per heavy atom. The van der Waals surface area contributed by atoms with E-state index in [2.05, 4.69) is 18.6 Å². The van der Waals surface area contributed by atoms with Gasteiger partial charge in [0, 0.05) is 31.7 Å². The number of benzene rings is 1. The third-order valence-corrected chi connectivity index (χ3v) is 4.02. The summed E-state index contributed by atoms with van der Waals surface area (Å²) in [5.41, 5.74) is 0.671. The Labute approximate surface area is 136 Å². The van der Waals surface area contributed by atoms with Gasteiger partial charge in [-0.05, 0) is 18.9 Å². The highest BCUT2D eigenvalue weighted by Gasteiger charge is 2.31. The molecule has 0 spiro atoms. The molecule has 23 heavy (non-hydrogen) atoms. The van der Waals surface area contributed by atoms with Crippen molar-refractivity contribution >= 4 is 5.91 Å². The lowest BCUT2D eigenvalue weighted by atomic mass is 10.1. The van der Waals surface area contributed by atoms with Crippen molar-refractivity contribution in [1.29, 1.82) is 0 Å². The Morgan fingerprint density at radius 2 is 1.96 bits per heavy atom. The molecule has 128 valence electrons. The smallest absolute Gasteiger partial charge is 0.387 e. The molecule has 0 saturated carbocycles. The topological polar surface area (TPSA) is 32.8 Å². The van der Waals surface area contributed by atoms with Crippen molar-refractivity contribution < 1.29 is 18.3 Å². The number of nitrogens with zero attached hydrogens (tertiary/aromatic N) is 2. The van der Waals surface area contributed by atoms with Gasteiger partial charge in [0.15, 0.2) is 0 Å². The molecule has 1 atom stereocenters. The number of hydrogen-bond acceptors (Lipinski definition) is 3. The number of rotatable bonds is 6. The van der Waals surface area contributed by atoms with Crippen molar-refractivity contribution in [2.75, 3.05) is 19.6 Å². The molecule has 0 radical (unpaired) electrons. The number of para-hydroxylation sites is 1. The third kappa shape index (κ3) is 4.64. The Morgan fingerprint density at radius 1 is 1.26 bits per heavy atom. The van der Waals surface area contributed by atoms with E-state index in [1.54, 1.807) is 18.2 Å². The van der Waals surface area contributed by atoms with Crippen molar-refractivity contribution in [3.8, 4) is 5.75 Å². The first-order chi connectivity index (χ1) is 10.9. The van der Waals surface area contributed by atoms with Gasteiger partial charge in [0.1, 0.15) is 5.75 Å². The summed E-state index contributed by atoms with van der Waals surface area (Å²) in [5.74, 6) is 0.696. The minimum absolute atomic E-state index is 0.0946. The summed E-state index contributed by atoms with van der Waals surface area (Å²) >= 11 is 0. The molecule has 0 aromatic heterocycles. The van der Waals surface area contributed by atoms with Crippen molar-refractivity contribution in [2.24, 2.45) is 5.92 Å². The van der Waals surface area contributed by atoms with Crippen LogP contribution in [0.3, 0.4) is 0 Å². The van der Waals surface area contributed by atoms with Crippen LogP contribution in [-0.2, 0) is 11.3 Å². The number of alkyl halides is 2. The highest BCUT2D eigenvalue weighted by molar-refractivity contribution is 5.82. The van der Waals surface area contributed by atoms with Gasteiger partial charge in [-0.15, -0.1) is 0 Å². The van der Waals surface area contributed by atoms with Crippen LogP contribution >= 0.6 is 0 Å². The molecule has 1 aliphatic rings. The molecular formula is C17H24F2N2O2. The summed E-state index contributed by atoms with van der Waals surface area (Å²) < 4.78 is 29.6. The van der Waals surface area contributed by atoms with Crippen LogP contribution in [0, 0.1) is 5.92 Å². The molecule has 1 aromatic carbocycles. The first-order valence-corrected chi connectivity index (χ1v) is 7.94. The van der Waals surface area contributed by atoms with Crippen LogP contribution in [0.2, 0.25) is 0 Å². The van der Waals surface area contributed by atoms with E-state index in [1.807, 2.05) is 16.7 Å². The van der Waals surface area contributed by atoms with E-state index in [9.17, 15) is 13.6 Å². The molecule has 0 unspecified atom stereocenters. The number of ether oxygens (including phenoxy) is 1. The number of carbonyl (C=O) groups excluding carboxylic acids is 1. The van der Waals surface area contributed by atoms with Gasteiger partial charge in [0.2, 0.25) is 5.91 Å². The Bertz CT molecular complexity index is 537. The Kier molecular flexibility index (Phi) is 5.93. The van der Waals surface area contributed by atoms with Crippen molar-refractivity contribution in [2.45, 2.75) is 40.0 Å². The molecule has 1 fully saturated rings. The average Bonchev–Trinajstić information content (AvgIpc) is 2.48. The summed E-state index contributed by atoms with van der Waals surface area (Å²) in [7, 11) is 0. The molecule has 1 aliphatic heterocycles. The lowest BCUT2D eigenvalue weighted by Gasteiger charge is -2.40. The second kappa shape index (κ2) is 7.73. The lowest BCUT2D eigenvalue weighted by molar-refractivity contribution is -0.142. The molecule has 1 saturated heterocycles. The predicted molar refractivity (Wildman–Crippen MR) is 84.4 cm³/mol. The molecule has 1 aromatic rings. The van der Waals surface area contributed by atoms with Crippen LogP contribution < -0.4 is 4.74 Å².